The van der Waals surface area contributed by atoms with Crippen LogP contribution in [-0.2, 0) is 0 Å². The van der Waals surface area contributed by atoms with Crippen LogP contribution in [0.15, 0.2) is 35.8 Å². The Labute approximate surface area is 251 Å². The van der Waals surface area contributed by atoms with Gasteiger partial charge in [0.25, 0.3) is 0 Å². The molecule has 0 N–H and O–H groups in total. The number of halogens is 8. The average Bonchev–Trinajstić information content (AvgIpc) is 2.75. The summed E-state index contributed by atoms with van der Waals surface area (Å²) in [7, 11) is 0. The maximum absolute atomic E-state index is 5.99. The molecule has 0 aliphatic carbocycles. The van der Waals surface area contributed by atoms with E-state index in [2.05, 4.69) is 148 Å². The molecule has 0 unspecified atom stereocenters. The molecule has 0 saturated heterocycles. The van der Waals surface area contributed by atoms with Crippen molar-refractivity contribution in [1.29, 1.82) is 0 Å². The van der Waals surface area contributed by atoms with Gasteiger partial charge in [-0.3, -0.25) is 0 Å². The fraction of sp³-hybridized carbons (Fsp3) is 0.429. The van der Waals surface area contributed by atoms with Crippen LogP contribution in [0.4, 0.5) is 0 Å². The van der Waals surface area contributed by atoms with Crippen molar-refractivity contribution in [2.75, 3.05) is 13.2 Å². The molecule has 2 aromatic carbocycles. The zero-order valence-corrected chi connectivity index (χ0v) is 29.6. The fourth-order valence-corrected chi connectivity index (χ4v) is 8.87. The predicted octanol–water partition coefficient (Wildman–Crippen LogP) is 11.9. The van der Waals surface area contributed by atoms with E-state index in [1.54, 1.807) is 0 Å². The summed E-state index contributed by atoms with van der Waals surface area (Å²) >= 11 is 30.3. The van der Waals surface area contributed by atoms with E-state index in [0.717, 1.165) is 77.7 Å². The van der Waals surface area contributed by atoms with Gasteiger partial charge in [-0.05, 0) is 158 Å². The Morgan fingerprint density at radius 2 is 0.806 bits per heavy atom. The van der Waals surface area contributed by atoms with E-state index in [-0.39, 0.29) is 5.92 Å². The number of rotatable bonds is 9. The smallest absolute Gasteiger partial charge is 0.149 e. The normalized spacial score (nSPS) is 11.4. The van der Waals surface area contributed by atoms with Crippen LogP contribution < -0.4 is 9.47 Å². The Morgan fingerprint density at radius 3 is 1.03 bits per heavy atom. The minimum Gasteiger partial charge on any atom is -0.491 e. The van der Waals surface area contributed by atoms with Gasteiger partial charge in [0, 0.05) is 23.8 Å². The zero-order valence-electron chi connectivity index (χ0n) is 17.0. The third-order valence-electron chi connectivity index (χ3n) is 4.52. The van der Waals surface area contributed by atoms with Crippen LogP contribution in [0.3, 0.4) is 0 Å². The first-order valence-corrected chi connectivity index (χ1v) is 15.9. The molecule has 0 heterocycles. The average molecular weight is 944 g/mol. The maximum Gasteiger partial charge on any atom is 0.149 e. The van der Waals surface area contributed by atoms with Gasteiger partial charge in [-0.15, -0.1) is 0 Å². The summed E-state index contributed by atoms with van der Waals surface area (Å²) in [6, 6.07) is 0. The van der Waals surface area contributed by atoms with E-state index in [0.29, 0.717) is 13.2 Å². The molecule has 0 aromatic heterocycles. The summed E-state index contributed by atoms with van der Waals surface area (Å²) in [6.07, 6.45) is 2.74. The van der Waals surface area contributed by atoms with Crippen molar-refractivity contribution in [3.05, 3.63) is 46.9 Å². The highest BCUT2D eigenvalue weighted by Crippen LogP contribution is 2.55. The van der Waals surface area contributed by atoms with E-state index >= 15 is 0 Å². The van der Waals surface area contributed by atoms with Crippen molar-refractivity contribution in [3.8, 4) is 11.5 Å². The quantitative estimate of drug-likeness (QED) is 0.233. The van der Waals surface area contributed by atoms with Gasteiger partial charge in [-0.2, -0.15) is 0 Å². The highest BCUT2D eigenvalue weighted by atomic mass is 79.9. The molecule has 10 heteroatoms. The largest absolute Gasteiger partial charge is 0.491 e. The van der Waals surface area contributed by atoms with Gasteiger partial charge in [-0.25, -0.2) is 0 Å². The van der Waals surface area contributed by atoms with Crippen molar-refractivity contribution >= 4 is 127 Å². The minimum atomic E-state index is 0.0631. The molecule has 0 amide bonds. The van der Waals surface area contributed by atoms with Crippen LogP contribution in [0.2, 0.25) is 0 Å². The minimum absolute atomic E-state index is 0.0631. The molecule has 2 aromatic rings. The highest BCUT2D eigenvalue weighted by Gasteiger charge is 2.31. The Bertz CT molecular complexity index is 828. The molecule has 0 aliphatic heterocycles. The summed E-state index contributed by atoms with van der Waals surface area (Å²) in [4.78, 5) is 0. The number of ether oxygens (including phenoxy) is 2. The number of hydrogen-bond donors (Lipinski definition) is 0. The van der Waals surface area contributed by atoms with Gasteiger partial charge in [0.2, 0.25) is 0 Å². The predicted molar refractivity (Wildman–Crippen MR) is 158 cm³/mol. The lowest BCUT2D eigenvalue weighted by molar-refractivity contribution is 0.312. The van der Waals surface area contributed by atoms with Crippen molar-refractivity contribution in [2.45, 2.75) is 46.0 Å². The van der Waals surface area contributed by atoms with Crippen LogP contribution in [0.5, 0.6) is 11.5 Å². The molecule has 172 valence electrons. The molecule has 2 rings (SSSR count). The first kappa shape index (κ1) is 29.1. The zero-order chi connectivity index (χ0) is 23.5. The molecule has 0 atom stereocenters. The Balaban J connectivity index is 2.75. The fourth-order valence-electron chi connectivity index (χ4n) is 3.08. The SMILES string of the molecule is CCCOc1c(Br)c(Br)c(C(CC)c2c(Br)c(Br)c(OCCC)c(Br)c2Br)c(Br)c1Br. The molecule has 0 radical (unpaired) electrons. The van der Waals surface area contributed by atoms with Crippen LogP contribution in [-0.4, -0.2) is 13.2 Å². The van der Waals surface area contributed by atoms with Crippen LogP contribution in [0.1, 0.15) is 57.1 Å². The lowest BCUT2D eigenvalue weighted by atomic mass is 9.89. The van der Waals surface area contributed by atoms with Crippen molar-refractivity contribution in [3.63, 3.8) is 0 Å². The van der Waals surface area contributed by atoms with Crippen LogP contribution in [0, 0.1) is 0 Å². The first-order valence-electron chi connectivity index (χ1n) is 9.60. The maximum atomic E-state index is 5.99. The van der Waals surface area contributed by atoms with Crippen molar-refractivity contribution in [1.82, 2.24) is 0 Å². The Morgan fingerprint density at radius 1 is 0.516 bits per heavy atom. The second kappa shape index (κ2) is 13.3. The molecule has 0 bridgehead atoms. The second-order valence-corrected chi connectivity index (χ2v) is 13.0. The van der Waals surface area contributed by atoms with Gasteiger partial charge in [-0.1, -0.05) is 20.8 Å². The molecule has 0 fully saturated rings. The van der Waals surface area contributed by atoms with E-state index in [4.69, 9.17) is 9.47 Å². The summed E-state index contributed by atoms with van der Waals surface area (Å²) in [5, 5.41) is 0. The Kier molecular flexibility index (Phi) is 12.5. The molecule has 0 saturated carbocycles. The molecule has 31 heavy (non-hydrogen) atoms. The molecular formula is C21H20Br8O2. The Hall–Kier alpha value is 1.88. The number of benzene rings is 2. The lowest BCUT2D eigenvalue weighted by Gasteiger charge is -2.26. The third kappa shape index (κ3) is 6.18. The third-order valence-corrected chi connectivity index (χ3v) is 13.0. The summed E-state index contributed by atoms with van der Waals surface area (Å²) < 4.78 is 19.3. The number of hydrogen-bond acceptors (Lipinski definition) is 2. The van der Waals surface area contributed by atoms with Gasteiger partial charge in [0.15, 0.2) is 0 Å². The van der Waals surface area contributed by atoms with Crippen molar-refractivity contribution < 1.29 is 9.47 Å². The summed E-state index contributed by atoms with van der Waals surface area (Å²) in [5.41, 5.74) is 2.24. The monoisotopic (exact) mass is 935 g/mol. The van der Waals surface area contributed by atoms with Gasteiger partial charge in [0.05, 0.1) is 31.1 Å². The first-order chi connectivity index (χ1) is 14.6. The summed E-state index contributed by atoms with van der Waals surface area (Å²) in [6.45, 7) is 7.64. The van der Waals surface area contributed by atoms with E-state index in [1.807, 2.05) is 0 Å². The standard InChI is InChI=1S/C21H20Br8O2/c1-4-7-30-20-16(26)12(22)10(13(23)17(20)27)9(6-3)11-14(24)18(28)21(31-8-5-2)19(29)15(11)25/h9H,4-8H2,1-3H3. The van der Waals surface area contributed by atoms with Gasteiger partial charge in [0.1, 0.15) is 11.5 Å². The lowest BCUT2D eigenvalue weighted by Crippen LogP contribution is -2.09. The second-order valence-electron chi connectivity index (χ2n) is 6.66. The van der Waals surface area contributed by atoms with Crippen molar-refractivity contribution in [2.24, 2.45) is 0 Å². The van der Waals surface area contributed by atoms with Crippen LogP contribution >= 0.6 is 127 Å². The summed E-state index contributed by atoms with van der Waals surface area (Å²) in [5.74, 6) is 1.62. The molecule has 0 aliphatic rings. The molecule has 2 nitrogen and oxygen atoms in total. The highest BCUT2D eigenvalue weighted by molar-refractivity contribution is 9.14. The van der Waals surface area contributed by atoms with Gasteiger partial charge >= 0.3 is 0 Å². The van der Waals surface area contributed by atoms with E-state index < -0.39 is 0 Å². The van der Waals surface area contributed by atoms with Gasteiger partial charge < -0.3 is 9.47 Å². The van der Waals surface area contributed by atoms with E-state index in [1.165, 1.54) is 0 Å². The topological polar surface area (TPSA) is 18.5 Å². The molecule has 0 spiro atoms. The molecular weight excluding hydrogens is 923 g/mol. The van der Waals surface area contributed by atoms with Crippen LogP contribution in [0.25, 0.3) is 0 Å². The van der Waals surface area contributed by atoms with E-state index in [9.17, 15) is 0 Å².